The summed E-state index contributed by atoms with van der Waals surface area (Å²) in [5, 5.41) is 15.6. The van der Waals surface area contributed by atoms with Gasteiger partial charge in [0.1, 0.15) is 18.5 Å². The van der Waals surface area contributed by atoms with E-state index in [4.69, 9.17) is 4.74 Å². The molecule has 1 unspecified atom stereocenters. The first-order chi connectivity index (χ1) is 10.6. The van der Waals surface area contributed by atoms with Gasteiger partial charge in [-0.25, -0.2) is 8.78 Å². The van der Waals surface area contributed by atoms with Crippen LogP contribution in [0.4, 0.5) is 8.78 Å². The third kappa shape index (κ3) is 4.92. The van der Waals surface area contributed by atoms with Crippen LogP contribution >= 0.6 is 0 Å². The zero-order valence-corrected chi connectivity index (χ0v) is 12.1. The quantitative estimate of drug-likeness (QED) is 0.727. The van der Waals surface area contributed by atoms with Gasteiger partial charge in [0.15, 0.2) is 11.6 Å². The molecule has 5 nitrogen and oxygen atoms in total. The molecule has 0 aliphatic carbocycles. The van der Waals surface area contributed by atoms with Gasteiger partial charge in [-0.15, -0.1) is 0 Å². The lowest BCUT2D eigenvalue weighted by molar-refractivity contribution is -0.126. The zero-order chi connectivity index (χ0) is 15.9. The van der Waals surface area contributed by atoms with Crippen molar-refractivity contribution in [2.75, 3.05) is 26.2 Å². The number of amides is 1. The van der Waals surface area contributed by atoms with Gasteiger partial charge >= 0.3 is 0 Å². The summed E-state index contributed by atoms with van der Waals surface area (Å²) in [6, 6.07) is 3.14. The molecular weight excluding hydrogens is 294 g/mol. The maximum Gasteiger partial charge on any atom is 0.223 e. The highest BCUT2D eigenvalue weighted by Gasteiger charge is 2.21. The second-order valence-electron chi connectivity index (χ2n) is 5.31. The maximum atomic E-state index is 13.0. The van der Waals surface area contributed by atoms with Crippen LogP contribution in [-0.4, -0.2) is 43.4 Å². The highest BCUT2D eigenvalue weighted by molar-refractivity contribution is 5.78. The lowest BCUT2D eigenvalue weighted by atomic mass is 9.97. The minimum absolute atomic E-state index is 0.0273. The number of benzene rings is 1. The summed E-state index contributed by atoms with van der Waals surface area (Å²) in [6.07, 6.45) is 0.652. The molecule has 22 heavy (non-hydrogen) atoms. The average Bonchev–Trinajstić information content (AvgIpc) is 2.54. The second kappa shape index (κ2) is 8.05. The summed E-state index contributed by atoms with van der Waals surface area (Å²) in [6.45, 7) is 1.59. The van der Waals surface area contributed by atoms with E-state index in [0.717, 1.165) is 38.1 Å². The molecule has 2 rings (SSSR count). The van der Waals surface area contributed by atoms with Crippen LogP contribution in [-0.2, 0) is 4.79 Å². The molecule has 1 heterocycles. The first kappa shape index (κ1) is 16.6. The number of hydrogen-bond donors (Lipinski definition) is 3. The molecule has 1 aliphatic rings. The fourth-order valence-corrected chi connectivity index (χ4v) is 2.26. The Morgan fingerprint density at radius 1 is 1.36 bits per heavy atom. The van der Waals surface area contributed by atoms with Crippen molar-refractivity contribution in [1.82, 2.24) is 10.6 Å². The Kier molecular flexibility index (Phi) is 6.09. The molecule has 1 amide bonds. The first-order valence-corrected chi connectivity index (χ1v) is 7.30. The van der Waals surface area contributed by atoms with Crippen molar-refractivity contribution in [1.29, 1.82) is 0 Å². The highest BCUT2D eigenvalue weighted by atomic mass is 19.2. The van der Waals surface area contributed by atoms with Gasteiger partial charge in [-0.1, -0.05) is 0 Å². The molecule has 1 fully saturated rings. The summed E-state index contributed by atoms with van der Waals surface area (Å²) >= 11 is 0. The van der Waals surface area contributed by atoms with Gasteiger partial charge in [-0.3, -0.25) is 4.79 Å². The van der Waals surface area contributed by atoms with E-state index in [1.54, 1.807) is 0 Å². The Bertz CT molecular complexity index is 508. The highest BCUT2D eigenvalue weighted by Crippen LogP contribution is 2.15. The average molecular weight is 314 g/mol. The Balaban J connectivity index is 1.69. The van der Waals surface area contributed by atoms with Gasteiger partial charge < -0.3 is 20.5 Å². The van der Waals surface area contributed by atoms with E-state index in [1.807, 2.05) is 0 Å². The van der Waals surface area contributed by atoms with Crippen molar-refractivity contribution in [3.8, 4) is 5.75 Å². The van der Waals surface area contributed by atoms with Crippen molar-refractivity contribution in [3.63, 3.8) is 0 Å². The van der Waals surface area contributed by atoms with Gasteiger partial charge in [0.05, 0.1) is 0 Å². The summed E-state index contributed by atoms with van der Waals surface area (Å²) < 4.78 is 30.9. The van der Waals surface area contributed by atoms with Gasteiger partial charge in [0.2, 0.25) is 5.91 Å². The summed E-state index contributed by atoms with van der Waals surface area (Å²) in [5.74, 6) is -1.94. The topological polar surface area (TPSA) is 70.6 Å². The third-order valence-electron chi connectivity index (χ3n) is 3.56. The number of aliphatic hydroxyl groups excluding tert-OH is 1. The van der Waals surface area contributed by atoms with E-state index in [-0.39, 0.29) is 30.7 Å². The molecule has 1 aliphatic heterocycles. The number of piperidine rings is 1. The van der Waals surface area contributed by atoms with E-state index >= 15 is 0 Å². The molecule has 1 aromatic rings. The van der Waals surface area contributed by atoms with Gasteiger partial charge in [0.25, 0.3) is 0 Å². The number of hydrogen-bond acceptors (Lipinski definition) is 4. The zero-order valence-electron chi connectivity index (χ0n) is 12.1. The first-order valence-electron chi connectivity index (χ1n) is 7.30. The lowest BCUT2D eigenvalue weighted by Gasteiger charge is -2.22. The monoisotopic (exact) mass is 314 g/mol. The minimum Gasteiger partial charge on any atom is -0.491 e. The minimum atomic E-state index is -1.01. The Labute approximate surface area is 127 Å². The molecule has 0 radical (unpaired) electrons. The lowest BCUT2D eigenvalue weighted by Crippen LogP contribution is -2.42. The summed E-state index contributed by atoms with van der Waals surface area (Å²) in [5.41, 5.74) is 0. The third-order valence-corrected chi connectivity index (χ3v) is 3.56. The number of carbonyl (C=O) groups is 1. The number of carbonyl (C=O) groups excluding carboxylic acids is 1. The Morgan fingerprint density at radius 2 is 2.09 bits per heavy atom. The molecule has 0 aromatic heterocycles. The normalized spacial score (nSPS) is 17.0. The molecule has 3 N–H and O–H groups in total. The van der Waals surface area contributed by atoms with Crippen LogP contribution in [0.3, 0.4) is 0 Å². The van der Waals surface area contributed by atoms with Gasteiger partial charge in [-0.2, -0.15) is 0 Å². The van der Waals surface area contributed by atoms with Crippen LogP contribution in [0.2, 0.25) is 0 Å². The number of nitrogens with one attached hydrogen (secondary N) is 2. The fraction of sp³-hybridized carbons (Fsp3) is 0.533. The van der Waals surface area contributed by atoms with Crippen molar-refractivity contribution < 1.29 is 23.4 Å². The molecule has 0 saturated carbocycles. The van der Waals surface area contributed by atoms with Crippen LogP contribution in [0.25, 0.3) is 0 Å². The molecule has 1 aromatic carbocycles. The van der Waals surface area contributed by atoms with E-state index in [9.17, 15) is 18.7 Å². The van der Waals surface area contributed by atoms with Crippen LogP contribution in [0, 0.1) is 17.6 Å². The van der Waals surface area contributed by atoms with Crippen LogP contribution in [0.15, 0.2) is 18.2 Å². The van der Waals surface area contributed by atoms with Crippen LogP contribution in [0.1, 0.15) is 12.8 Å². The van der Waals surface area contributed by atoms with Gasteiger partial charge in [-0.05, 0) is 38.1 Å². The van der Waals surface area contributed by atoms with Crippen LogP contribution < -0.4 is 15.4 Å². The molecule has 7 heteroatoms. The second-order valence-corrected chi connectivity index (χ2v) is 5.31. The fourth-order valence-electron chi connectivity index (χ4n) is 2.26. The van der Waals surface area contributed by atoms with Crippen molar-refractivity contribution in [3.05, 3.63) is 29.8 Å². The Hall–Kier alpha value is -1.73. The Morgan fingerprint density at radius 3 is 2.77 bits per heavy atom. The standard InChI is InChI=1S/C15H20F2N2O3/c16-13-2-1-12(7-14(13)17)22-9-11(20)8-19-15(21)10-3-5-18-6-4-10/h1-2,7,10-11,18,20H,3-6,8-9H2,(H,19,21). The largest absolute Gasteiger partial charge is 0.491 e. The van der Waals surface area contributed by atoms with Crippen molar-refractivity contribution in [2.24, 2.45) is 5.92 Å². The van der Waals surface area contributed by atoms with E-state index in [2.05, 4.69) is 10.6 Å². The van der Waals surface area contributed by atoms with Crippen LogP contribution in [0.5, 0.6) is 5.75 Å². The molecule has 0 spiro atoms. The predicted octanol–water partition coefficient (Wildman–Crippen LogP) is 0.820. The van der Waals surface area contributed by atoms with E-state index in [0.29, 0.717) is 0 Å². The smallest absolute Gasteiger partial charge is 0.223 e. The summed E-state index contributed by atoms with van der Waals surface area (Å²) in [4.78, 5) is 11.9. The number of halogens is 2. The summed E-state index contributed by atoms with van der Waals surface area (Å²) in [7, 11) is 0. The molecule has 1 saturated heterocycles. The number of ether oxygens (including phenoxy) is 1. The number of aliphatic hydroxyl groups is 1. The van der Waals surface area contributed by atoms with Gasteiger partial charge in [0, 0.05) is 18.5 Å². The van der Waals surface area contributed by atoms with Crippen molar-refractivity contribution >= 4 is 5.91 Å². The predicted molar refractivity (Wildman–Crippen MR) is 76.5 cm³/mol. The maximum absolute atomic E-state index is 13.0. The molecule has 0 bridgehead atoms. The number of rotatable bonds is 6. The van der Waals surface area contributed by atoms with E-state index < -0.39 is 17.7 Å². The van der Waals surface area contributed by atoms with Crippen molar-refractivity contribution in [2.45, 2.75) is 18.9 Å². The van der Waals surface area contributed by atoms with E-state index in [1.165, 1.54) is 6.07 Å². The molecule has 122 valence electrons. The molecular formula is C15H20F2N2O3. The molecule has 1 atom stereocenters. The SMILES string of the molecule is O=C(NCC(O)COc1ccc(F)c(F)c1)C1CCNCC1.